The number of carbonyl (C=O) groups excluding carboxylic acids is 1. The van der Waals surface area contributed by atoms with E-state index in [1.165, 1.54) is 0 Å². The van der Waals surface area contributed by atoms with Gasteiger partial charge in [-0.25, -0.2) is 4.98 Å². The lowest BCUT2D eigenvalue weighted by Gasteiger charge is -2.26. The largest absolute Gasteiger partial charge is 0.344 e. The van der Waals surface area contributed by atoms with Gasteiger partial charge < -0.3 is 9.47 Å². The van der Waals surface area contributed by atoms with E-state index in [9.17, 15) is 4.79 Å². The molecule has 1 aromatic heterocycles. The highest BCUT2D eigenvalue weighted by Gasteiger charge is 2.27. The first-order chi connectivity index (χ1) is 14.0. The molecule has 1 heterocycles. The van der Waals surface area contributed by atoms with Crippen LogP contribution in [-0.4, -0.2) is 34.0 Å². The molecular formula is C23H27Cl2N3O. The fourth-order valence-electron chi connectivity index (χ4n) is 3.74. The summed E-state index contributed by atoms with van der Waals surface area (Å²) in [5.41, 5.74) is 2.81. The molecule has 1 atom stereocenters. The van der Waals surface area contributed by atoms with E-state index in [1.54, 1.807) is 6.07 Å². The summed E-state index contributed by atoms with van der Waals surface area (Å²) in [5, 5.41) is 1.21. The van der Waals surface area contributed by atoms with Gasteiger partial charge >= 0.3 is 0 Å². The fraction of sp³-hybridized carbons (Fsp3) is 0.391. The van der Waals surface area contributed by atoms with Crippen LogP contribution in [0.25, 0.3) is 11.0 Å². The second-order valence-corrected chi connectivity index (χ2v) is 8.21. The Kier molecular flexibility index (Phi) is 7.20. The highest BCUT2D eigenvalue weighted by molar-refractivity contribution is 6.35. The number of hydrogen-bond acceptors (Lipinski definition) is 2. The molecule has 0 fully saturated rings. The van der Waals surface area contributed by atoms with Crippen molar-refractivity contribution in [1.82, 2.24) is 14.5 Å². The van der Waals surface area contributed by atoms with E-state index in [0.29, 0.717) is 16.5 Å². The van der Waals surface area contributed by atoms with Gasteiger partial charge in [-0.3, -0.25) is 4.79 Å². The first kappa shape index (κ1) is 21.7. The summed E-state index contributed by atoms with van der Waals surface area (Å²) in [6.07, 6.45) is 3.13. The maximum Gasteiger partial charge on any atom is 0.245 e. The van der Waals surface area contributed by atoms with Crippen LogP contribution in [0, 0.1) is 0 Å². The zero-order valence-electron chi connectivity index (χ0n) is 17.2. The van der Waals surface area contributed by atoms with Crippen LogP contribution in [0.15, 0.2) is 42.5 Å². The molecule has 3 rings (SSSR count). The minimum Gasteiger partial charge on any atom is -0.344 e. The molecule has 0 unspecified atom stereocenters. The van der Waals surface area contributed by atoms with Crippen molar-refractivity contribution in [3.8, 4) is 0 Å². The molecule has 6 heteroatoms. The van der Waals surface area contributed by atoms with E-state index in [1.807, 2.05) is 48.3 Å². The lowest BCUT2D eigenvalue weighted by Crippen LogP contribution is -2.35. The van der Waals surface area contributed by atoms with Crippen LogP contribution >= 0.6 is 23.2 Å². The smallest absolute Gasteiger partial charge is 0.245 e. The van der Waals surface area contributed by atoms with Gasteiger partial charge in [-0.15, -0.1) is 0 Å². The number of nitrogens with zero attached hydrogens (tertiary/aromatic N) is 3. The second-order valence-electron chi connectivity index (χ2n) is 7.36. The quantitative estimate of drug-likeness (QED) is 0.429. The van der Waals surface area contributed by atoms with E-state index >= 15 is 0 Å². The van der Waals surface area contributed by atoms with Gasteiger partial charge in [-0.2, -0.15) is 0 Å². The van der Waals surface area contributed by atoms with Crippen molar-refractivity contribution >= 4 is 40.1 Å². The molecule has 0 aliphatic rings. The molecule has 154 valence electrons. The summed E-state index contributed by atoms with van der Waals surface area (Å²) >= 11 is 12.5. The highest BCUT2D eigenvalue weighted by atomic mass is 35.5. The van der Waals surface area contributed by atoms with Gasteiger partial charge in [0, 0.05) is 30.1 Å². The average Bonchev–Trinajstić information content (AvgIpc) is 3.05. The van der Waals surface area contributed by atoms with Gasteiger partial charge in [0.1, 0.15) is 11.9 Å². The molecule has 0 N–H and O–H groups in total. The minimum atomic E-state index is -0.287. The van der Waals surface area contributed by atoms with Crippen molar-refractivity contribution in [2.45, 2.75) is 45.6 Å². The summed E-state index contributed by atoms with van der Waals surface area (Å²) in [6, 6.07) is 13.2. The molecule has 0 saturated heterocycles. The summed E-state index contributed by atoms with van der Waals surface area (Å²) < 4.78 is 2.11. The van der Waals surface area contributed by atoms with E-state index in [2.05, 4.69) is 18.4 Å². The van der Waals surface area contributed by atoms with E-state index < -0.39 is 0 Å². The third-order valence-corrected chi connectivity index (χ3v) is 5.71. The number of rotatable bonds is 8. The third-order valence-electron chi connectivity index (χ3n) is 5.13. The number of hydrogen-bond donors (Lipinski definition) is 0. The zero-order valence-corrected chi connectivity index (χ0v) is 18.7. The summed E-state index contributed by atoms with van der Waals surface area (Å²) in [4.78, 5) is 20.0. The van der Waals surface area contributed by atoms with E-state index in [-0.39, 0.29) is 11.9 Å². The van der Waals surface area contributed by atoms with Gasteiger partial charge in [0.25, 0.3) is 0 Å². The number of halogens is 2. The second kappa shape index (κ2) is 9.64. The van der Waals surface area contributed by atoms with Crippen LogP contribution < -0.4 is 0 Å². The maximum absolute atomic E-state index is 13.3. The number of likely N-dealkylation sites (N-methyl/N-ethyl adjacent to an activating group) is 1. The number of amides is 1. The molecule has 0 bridgehead atoms. The molecule has 2 aromatic carbocycles. The Bertz CT molecular complexity index is 999. The summed E-state index contributed by atoms with van der Waals surface area (Å²) in [6.45, 7) is 4.93. The van der Waals surface area contributed by atoms with Crippen LogP contribution in [0.5, 0.6) is 0 Å². The molecule has 1 amide bonds. The van der Waals surface area contributed by atoms with Gasteiger partial charge in [-0.1, -0.05) is 61.7 Å². The van der Waals surface area contributed by atoms with Crippen LogP contribution in [-0.2, 0) is 11.2 Å². The van der Waals surface area contributed by atoms with Crippen molar-refractivity contribution in [1.29, 1.82) is 0 Å². The molecule has 3 aromatic rings. The van der Waals surface area contributed by atoms with Crippen LogP contribution in [0.4, 0.5) is 0 Å². The number of fused-ring (bicyclic) bond motifs is 1. The van der Waals surface area contributed by atoms with Crippen LogP contribution in [0.1, 0.15) is 50.5 Å². The predicted octanol–water partition coefficient (Wildman–Crippen LogP) is 6.14. The third kappa shape index (κ3) is 4.76. The van der Waals surface area contributed by atoms with Gasteiger partial charge in [-0.05, 0) is 42.7 Å². The van der Waals surface area contributed by atoms with Crippen molar-refractivity contribution in [3.05, 3.63) is 63.9 Å². The number of benzene rings is 2. The Morgan fingerprint density at radius 2 is 1.90 bits per heavy atom. The summed E-state index contributed by atoms with van der Waals surface area (Å²) in [7, 11) is 1.88. The highest BCUT2D eigenvalue weighted by Crippen LogP contribution is 2.29. The number of carbonyl (C=O) groups is 1. The molecule has 0 aliphatic heterocycles. The van der Waals surface area contributed by atoms with E-state index in [0.717, 1.165) is 48.2 Å². The number of para-hydroxylation sites is 2. The molecule has 4 nitrogen and oxygen atoms in total. The monoisotopic (exact) mass is 431 g/mol. The topological polar surface area (TPSA) is 38.1 Å². The molecule has 0 radical (unpaired) electrons. The first-order valence-electron chi connectivity index (χ1n) is 10.1. The SMILES string of the molecule is CCC[C@H](C(=O)N(C)CCC)n1c(Cc2ccc(Cl)cc2Cl)nc2ccccc21. The van der Waals surface area contributed by atoms with E-state index in [4.69, 9.17) is 28.2 Å². The normalized spacial score (nSPS) is 12.3. The number of aromatic nitrogens is 2. The zero-order chi connectivity index (χ0) is 21.0. The average molecular weight is 432 g/mol. The Morgan fingerprint density at radius 3 is 2.59 bits per heavy atom. The lowest BCUT2D eigenvalue weighted by molar-refractivity contribution is -0.133. The van der Waals surface area contributed by atoms with Gasteiger partial charge in [0.05, 0.1) is 11.0 Å². The molecule has 0 aliphatic carbocycles. The Balaban J connectivity index is 2.10. The van der Waals surface area contributed by atoms with Crippen molar-refractivity contribution < 1.29 is 4.79 Å². The van der Waals surface area contributed by atoms with Crippen LogP contribution in [0.3, 0.4) is 0 Å². The van der Waals surface area contributed by atoms with Crippen LogP contribution in [0.2, 0.25) is 10.0 Å². The van der Waals surface area contributed by atoms with Crippen molar-refractivity contribution in [3.63, 3.8) is 0 Å². The molecule has 29 heavy (non-hydrogen) atoms. The Morgan fingerprint density at radius 1 is 1.14 bits per heavy atom. The lowest BCUT2D eigenvalue weighted by atomic mass is 10.1. The minimum absolute atomic E-state index is 0.125. The Labute approximate surface area is 182 Å². The Hall–Kier alpha value is -2.04. The van der Waals surface area contributed by atoms with Gasteiger partial charge in [0.15, 0.2) is 0 Å². The first-order valence-corrected chi connectivity index (χ1v) is 10.9. The standard InChI is InChI=1S/C23H27Cl2N3O/c1-4-8-21(23(29)27(3)13-5-2)28-20-10-7-6-9-19(20)26-22(28)14-16-11-12-17(24)15-18(16)25/h6-7,9-12,15,21H,4-5,8,13-14H2,1-3H3/t21-/m1/s1. The summed E-state index contributed by atoms with van der Waals surface area (Å²) in [5.74, 6) is 0.965. The van der Waals surface area contributed by atoms with Crippen molar-refractivity contribution in [2.24, 2.45) is 0 Å². The van der Waals surface area contributed by atoms with Crippen molar-refractivity contribution in [2.75, 3.05) is 13.6 Å². The maximum atomic E-state index is 13.3. The fourth-order valence-corrected chi connectivity index (χ4v) is 4.21. The van der Waals surface area contributed by atoms with Gasteiger partial charge in [0.2, 0.25) is 5.91 Å². The molecular weight excluding hydrogens is 405 g/mol. The number of imidazole rings is 1. The molecule has 0 spiro atoms. The predicted molar refractivity (Wildman–Crippen MR) is 121 cm³/mol. The molecule has 0 saturated carbocycles.